The molecule has 106 valence electrons. The predicted octanol–water partition coefficient (Wildman–Crippen LogP) is 1.89. The third-order valence-electron chi connectivity index (χ3n) is 2.85. The van der Waals surface area contributed by atoms with Crippen LogP contribution in [0.3, 0.4) is 0 Å². The summed E-state index contributed by atoms with van der Waals surface area (Å²) in [5.74, 6) is 0.472. The number of carbonyl (C=O) groups is 1. The Kier molecular flexibility index (Phi) is 6.53. The largest absolute Gasteiger partial charge is 0.383 e. The van der Waals surface area contributed by atoms with Gasteiger partial charge in [0.25, 0.3) is 5.91 Å². The van der Waals surface area contributed by atoms with Crippen molar-refractivity contribution in [3.63, 3.8) is 0 Å². The molecule has 1 amide bonds. The molecule has 4 nitrogen and oxygen atoms in total. The van der Waals surface area contributed by atoms with Gasteiger partial charge in [0.1, 0.15) is 0 Å². The molecule has 0 bridgehead atoms. The van der Waals surface area contributed by atoms with E-state index in [-0.39, 0.29) is 5.91 Å². The van der Waals surface area contributed by atoms with Crippen LogP contribution in [0.25, 0.3) is 0 Å². The second-order valence-electron chi connectivity index (χ2n) is 5.04. The number of amides is 1. The molecule has 1 aromatic carbocycles. The highest BCUT2D eigenvalue weighted by molar-refractivity contribution is 5.94. The SMILES string of the molecule is COCCN(CC(C)C)C(=O)c1cccc(CN)c1. The van der Waals surface area contributed by atoms with Crippen LogP contribution < -0.4 is 5.73 Å². The molecule has 1 aromatic rings. The van der Waals surface area contributed by atoms with Gasteiger partial charge in [-0.25, -0.2) is 0 Å². The average molecular weight is 264 g/mol. The molecule has 4 heteroatoms. The van der Waals surface area contributed by atoms with E-state index in [0.29, 0.717) is 31.2 Å². The Labute approximate surface area is 115 Å². The van der Waals surface area contributed by atoms with Crippen molar-refractivity contribution < 1.29 is 9.53 Å². The van der Waals surface area contributed by atoms with Gasteiger partial charge < -0.3 is 15.4 Å². The van der Waals surface area contributed by atoms with Gasteiger partial charge in [-0.3, -0.25) is 4.79 Å². The van der Waals surface area contributed by atoms with E-state index in [0.717, 1.165) is 12.1 Å². The summed E-state index contributed by atoms with van der Waals surface area (Å²) >= 11 is 0. The van der Waals surface area contributed by atoms with E-state index in [1.807, 2.05) is 29.2 Å². The molecule has 2 N–H and O–H groups in total. The molecular formula is C15H24N2O2. The standard InChI is InChI=1S/C15H24N2O2/c1-12(2)11-17(7-8-19-3)15(18)14-6-4-5-13(9-14)10-16/h4-6,9,12H,7-8,10-11,16H2,1-3H3. The van der Waals surface area contributed by atoms with E-state index in [4.69, 9.17) is 10.5 Å². The second kappa shape index (κ2) is 7.92. The number of methoxy groups -OCH3 is 1. The van der Waals surface area contributed by atoms with E-state index in [1.54, 1.807) is 7.11 Å². The smallest absolute Gasteiger partial charge is 0.253 e. The third-order valence-corrected chi connectivity index (χ3v) is 2.85. The molecule has 19 heavy (non-hydrogen) atoms. The van der Waals surface area contributed by atoms with Crippen molar-refractivity contribution in [3.8, 4) is 0 Å². The Balaban J connectivity index is 2.84. The molecule has 0 saturated heterocycles. The maximum absolute atomic E-state index is 12.5. The molecule has 0 heterocycles. The first-order valence-electron chi connectivity index (χ1n) is 6.65. The topological polar surface area (TPSA) is 55.6 Å². The monoisotopic (exact) mass is 264 g/mol. The molecule has 0 aromatic heterocycles. The lowest BCUT2D eigenvalue weighted by molar-refractivity contribution is 0.0672. The molecule has 0 atom stereocenters. The minimum Gasteiger partial charge on any atom is -0.383 e. The fourth-order valence-corrected chi connectivity index (χ4v) is 1.93. The molecule has 0 radical (unpaired) electrons. The van der Waals surface area contributed by atoms with Gasteiger partial charge in [0.05, 0.1) is 6.61 Å². The van der Waals surface area contributed by atoms with Gasteiger partial charge in [0, 0.05) is 32.3 Å². The van der Waals surface area contributed by atoms with Crippen LogP contribution in [0.4, 0.5) is 0 Å². The first kappa shape index (κ1) is 15.7. The number of benzene rings is 1. The maximum atomic E-state index is 12.5. The Morgan fingerprint density at radius 2 is 2.16 bits per heavy atom. The van der Waals surface area contributed by atoms with Crippen LogP contribution >= 0.6 is 0 Å². The minimum atomic E-state index is 0.0426. The first-order valence-corrected chi connectivity index (χ1v) is 6.65. The summed E-state index contributed by atoms with van der Waals surface area (Å²) in [6.45, 7) is 6.54. The molecule has 0 aliphatic carbocycles. The maximum Gasteiger partial charge on any atom is 0.253 e. The van der Waals surface area contributed by atoms with E-state index >= 15 is 0 Å². The number of nitrogens with two attached hydrogens (primary N) is 1. The zero-order valence-electron chi connectivity index (χ0n) is 12.1. The van der Waals surface area contributed by atoms with E-state index < -0.39 is 0 Å². The zero-order chi connectivity index (χ0) is 14.3. The number of carbonyl (C=O) groups excluding carboxylic acids is 1. The number of rotatable bonds is 7. The lowest BCUT2D eigenvalue weighted by atomic mass is 10.1. The second-order valence-corrected chi connectivity index (χ2v) is 5.04. The summed E-state index contributed by atoms with van der Waals surface area (Å²) in [5, 5.41) is 0. The van der Waals surface area contributed by atoms with E-state index in [2.05, 4.69) is 13.8 Å². The van der Waals surface area contributed by atoms with Crippen LogP contribution in [0.1, 0.15) is 29.8 Å². The van der Waals surface area contributed by atoms with Crippen LogP contribution in [0, 0.1) is 5.92 Å². The highest BCUT2D eigenvalue weighted by Gasteiger charge is 2.16. The molecule has 0 aliphatic heterocycles. The molecule has 0 spiro atoms. The number of hydrogen-bond acceptors (Lipinski definition) is 3. The van der Waals surface area contributed by atoms with Crippen molar-refractivity contribution in [2.45, 2.75) is 20.4 Å². The quantitative estimate of drug-likeness (QED) is 0.818. The van der Waals surface area contributed by atoms with E-state index in [9.17, 15) is 4.79 Å². The normalized spacial score (nSPS) is 10.8. The third kappa shape index (κ3) is 5.01. The lowest BCUT2D eigenvalue weighted by Gasteiger charge is -2.24. The summed E-state index contributed by atoms with van der Waals surface area (Å²) in [6.07, 6.45) is 0. The number of hydrogen-bond donors (Lipinski definition) is 1. The zero-order valence-corrected chi connectivity index (χ0v) is 12.1. The van der Waals surface area contributed by atoms with Gasteiger partial charge in [-0.2, -0.15) is 0 Å². The summed E-state index contributed by atoms with van der Waals surface area (Å²) in [4.78, 5) is 14.3. The molecule has 0 fully saturated rings. The highest BCUT2D eigenvalue weighted by atomic mass is 16.5. The van der Waals surface area contributed by atoms with Gasteiger partial charge in [0.2, 0.25) is 0 Å². The Bertz CT molecular complexity index is 405. The molecule has 0 aliphatic rings. The van der Waals surface area contributed by atoms with Crippen LogP contribution in [0.5, 0.6) is 0 Å². The summed E-state index contributed by atoms with van der Waals surface area (Å²) in [5.41, 5.74) is 7.28. The fourth-order valence-electron chi connectivity index (χ4n) is 1.93. The minimum absolute atomic E-state index is 0.0426. The predicted molar refractivity (Wildman–Crippen MR) is 77.0 cm³/mol. The van der Waals surface area contributed by atoms with Crippen LogP contribution in [-0.4, -0.2) is 37.6 Å². The molecular weight excluding hydrogens is 240 g/mol. The average Bonchev–Trinajstić information content (AvgIpc) is 2.42. The molecule has 0 unspecified atom stereocenters. The van der Waals surface area contributed by atoms with Gasteiger partial charge >= 0.3 is 0 Å². The van der Waals surface area contributed by atoms with E-state index in [1.165, 1.54) is 0 Å². The van der Waals surface area contributed by atoms with Crippen molar-refractivity contribution in [2.75, 3.05) is 26.8 Å². The highest BCUT2D eigenvalue weighted by Crippen LogP contribution is 2.10. The summed E-state index contributed by atoms with van der Waals surface area (Å²) in [6, 6.07) is 7.50. The summed E-state index contributed by atoms with van der Waals surface area (Å²) < 4.78 is 5.07. The fraction of sp³-hybridized carbons (Fsp3) is 0.533. The van der Waals surface area contributed by atoms with Crippen molar-refractivity contribution >= 4 is 5.91 Å². The van der Waals surface area contributed by atoms with Crippen molar-refractivity contribution in [1.82, 2.24) is 4.90 Å². The summed E-state index contributed by atoms with van der Waals surface area (Å²) in [7, 11) is 1.65. The van der Waals surface area contributed by atoms with Gasteiger partial charge in [-0.15, -0.1) is 0 Å². The Morgan fingerprint density at radius 1 is 1.42 bits per heavy atom. The van der Waals surface area contributed by atoms with Crippen molar-refractivity contribution in [3.05, 3.63) is 35.4 Å². The first-order chi connectivity index (χ1) is 9.08. The Hall–Kier alpha value is -1.39. The van der Waals surface area contributed by atoms with Crippen LogP contribution in [0.15, 0.2) is 24.3 Å². The molecule has 0 saturated carbocycles. The van der Waals surface area contributed by atoms with Crippen molar-refractivity contribution in [2.24, 2.45) is 11.7 Å². The van der Waals surface area contributed by atoms with Crippen LogP contribution in [0.2, 0.25) is 0 Å². The Morgan fingerprint density at radius 3 is 2.74 bits per heavy atom. The van der Waals surface area contributed by atoms with Gasteiger partial charge in [0.15, 0.2) is 0 Å². The van der Waals surface area contributed by atoms with Gasteiger partial charge in [-0.05, 0) is 23.6 Å². The van der Waals surface area contributed by atoms with Gasteiger partial charge in [-0.1, -0.05) is 26.0 Å². The molecule has 1 rings (SSSR count). The lowest BCUT2D eigenvalue weighted by Crippen LogP contribution is -2.36. The number of nitrogens with zero attached hydrogens (tertiary/aromatic N) is 1. The number of ether oxygens (including phenoxy) is 1. The van der Waals surface area contributed by atoms with Crippen molar-refractivity contribution in [1.29, 1.82) is 0 Å². The van der Waals surface area contributed by atoms with Crippen LogP contribution in [-0.2, 0) is 11.3 Å².